The van der Waals surface area contributed by atoms with Crippen LogP contribution in [0.3, 0.4) is 0 Å². The predicted octanol–water partition coefficient (Wildman–Crippen LogP) is 4.68. The Labute approximate surface area is 136 Å². The number of hydrogen-bond acceptors (Lipinski definition) is 2. The van der Waals surface area contributed by atoms with Crippen LogP contribution in [0.1, 0.15) is 15.9 Å². The van der Waals surface area contributed by atoms with E-state index in [0.717, 1.165) is 14.3 Å². The van der Waals surface area contributed by atoms with Crippen LogP contribution < -0.4 is 4.74 Å². The number of ketones is 1. The van der Waals surface area contributed by atoms with E-state index in [-0.39, 0.29) is 5.78 Å². The average molecular weight is 388 g/mol. The molecule has 0 N–H and O–H groups in total. The van der Waals surface area contributed by atoms with Gasteiger partial charge in [0.1, 0.15) is 5.75 Å². The van der Waals surface area contributed by atoms with E-state index in [2.05, 4.69) is 22.6 Å². The number of halogens is 1. The molecule has 3 rings (SSSR count). The molecule has 3 aromatic rings. The normalized spacial score (nSPS) is 10.6. The lowest BCUT2D eigenvalue weighted by Gasteiger charge is -2.12. The summed E-state index contributed by atoms with van der Waals surface area (Å²) in [7, 11) is 1.61. The molecule has 2 nitrogen and oxygen atoms in total. The molecule has 0 fully saturated rings. The maximum Gasteiger partial charge on any atom is 0.197 e. The van der Waals surface area contributed by atoms with Crippen molar-refractivity contribution in [3.8, 4) is 5.75 Å². The lowest BCUT2D eigenvalue weighted by molar-refractivity contribution is 0.103. The van der Waals surface area contributed by atoms with Crippen molar-refractivity contribution in [3.05, 3.63) is 75.4 Å². The van der Waals surface area contributed by atoms with Gasteiger partial charge in [0, 0.05) is 14.5 Å². The Kier molecular flexibility index (Phi) is 3.92. The summed E-state index contributed by atoms with van der Waals surface area (Å²) in [5.41, 5.74) is 1.30. The van der Waals surface area contributed by atoms with Crippen LogP contribution >= 0.6 is 22.6 Å². The van der Waals surface area contributed by atoms with E-state index in [1.165, 1.54) is 0 Å². The van der Waals surface area contributed by atoms with Crippen molar-refractivity contribution in [1.82, 2.24) is 0 Å². The Bertz CT molecular complexity index is 824. The molecular weight excluding hydrogens is 375 g/mol. The van der Waals surface area contributed by atoms with Gasteiger partial charge in [-0.2, -0.15) is 0 Å². The van der Waals surface area contributed by atoms with Crippen LogP contribution in [-0.4, -0.2) is 12.9 Å². The molecule has 0 aromatic heterocycles. The first-order chi connectivity index (χ1) is 10.2. The van der Waals surface area contributed by atoms with Crippen molar-refractivity contribution in [2.24, 2.45) is 0 Å². The molecule has 0 aliphatic carbocycles. The van der Waals surface area contributed by atoms with E-state index in [4.69, 9.17) is 4.74 Å². The fourth-order valence-electron chi connectivity index (χ4n) is 2.43. The lowest BCUT2D eigenvalue weighted by atomic mass is 9.98. The van der Waals surface area contributed by atoms with Gasteiger partial charge in [-0.05, 0) is 46.2 Å². The number of carbonyl (C=O) groups excluding carboxylic acids is 1. The fourth-order valence-corrected chi connectivity index (χ4v) is 3.06. The second-order valence-electron chi connectivity index (χ2n) is 4.68. The fraction of sp³-hybridized carbons (Fsp3) is 0.0556. The molecule has 104 valence electrons. The summed E-state index contributed by atoms with van der Waals surface area (Å²) in [6.07, 6.45) is 0. The molecule has 0 unspecified atom stereocenters. The number of methoxy groups -OCH3 is 1. The molecule has 0 heterocycles. The molecule has 0 saturated heterocycles. The summed E-state index contributed by atoms with van der Waals surface area (Å²) in [4.78, 5) is 12.8. The molecule has 3 heteroatoms. The Morgan fingerprint density at radius 1 is 0.905 bits per heavy atom. The van der Waals surface area contributed by atoms with Gasteiger partial charge < -0.3 is 4.74 Å². The van der Waals surface area contributed by atoms with Gasteiger partial charge in [0.05, 0.1) is 12.7 Å². The number of carbonyl (C=O) groups is 1. The van der Waals surface area contributed by atoms with Crippen LogP contribution in [0, 0.1) is 3.57 Å². The zero-order valence-electron chi connectivity index (χ0n) is 11.5. The Morgan fingerprint density at radius 2 is 1.62 bits per heavy atom. The number of ether oxygens (including phenoxy) is 1. The minimum absolute atomic E-state index is 0.0115. The van der Waals surface area contributed by atoms with Crippen molar-refractivity contribution >= 4 is 39.1 Å². The van der Waals surface area contributed by atoms with Gasteiger partial charge >= 0.3 is 0 Å². The van der Waals surface area contributed by atoms with Gasteiger partial charge in [-0.15, -0.1) is 0 Å². The molecule has 0 radical (unpaired) electrons. The summed E-state index contributed by atoms with van der Waals surface area (Å²) in [5, 5.41) is 2.02. The number of benzene rings is 3. The SMILES string of the molecule is COc1c(C(=O)c2ccccc2I)ccc2ccccc12. The molecule has 0 saturated carbocycles. The quantitative estimate of drug-likeness (QED) is 0.481. The topological polar surface area (TPSA) is 26.3 Å². The average Bonchev–Trinajstić information content (AvgIpc) is 2.53. The highest BCUT2D eigenvalue weighted by molar-refractivity contribution is 14.1. The summed E-state index contributed by atoms with van der Waals surface area (Å²) in [6.45, 7) is 0. The first-order valence-electron chi connectivity index (χ1n) is 6.57. The number of fused-ring (bicyclic) bond motifs is 1. The lowest BCUT2D eigenvalue weighted by Crippen LogP contribution is -2.06. The van der Waals surface area contributed by atoms with Gasteiger partial charge in [-0.1, -0.05) is 42.5 Å². The van der Waals surface area contributed by atoms with Crippen LogP contribution in [0.15, 0.2) is 60.7 Å². The van der Waals surface area contributed by atoms with E-state index in [0.29, 0.717) is 16.9 Å². The third-order valence-corrected chi connectivity index (χ3v) is 4.39. The highest BCUT2D eigenvalue weighted by atomic mass is 127. The van der Waals surface area contributed by atoms with Crippen molar-refractivity contribution in [2.45, 2.75) is 0 Å². The maximum atomic E-state index is 12.8. The zero-order chi connectivity index (χ0) is 14.8. The molecule has 3 aromatic carbocycles. The predicted molar refractivity (Wildman–Crippen MR) is 93.1 cm³/mol. The van der Waals surface area contributed by atoms with Crippen LogP contribution in [0.5, 0.6) is 5.75 Å². The third kappa shape index (κ3) is 2.53. The molecule has 21 heavy (non-hydrogen) atoms. The third-order valence-electron chi connectivity index (χ3n) is 3.45. The van der Waals surface area contributed by atoms with E-state index in [1.54, 1.807) is 7.11 Å². The van der Waals surface area contributed by atoms with Gasteiger partial charge in [0.2, 0.25) is 0 Å². The van der Waals surface area contributed by atoms with Gasteiger partial charge in [0.25, 0.3) is 0 Å². The van der Waals surface area contributed by atoms with E-state index in [9.17, 15) is 4.79 Å². The van der Waals surface area contributed by atoms with Crippen molar-refractivity contribution in [1.29, 1.82) is 0 Å². The Morgan fingerprint density at radius 3 is 2.38 bits per heavy atom. The van der Waals surface area contributed by atoms with Crippen LogP contribution in [0.25, 0.3) is 10.8 Å². The summed E-state index contributed by atoms with van der Waals surface area (Å²) >= 11 is 2.18. The van der Waals surface area contributed by atoms with Crippen LogP contribution in [0.4, 0.5) is 0 Å². The molecule has 0 aliphatic rings. The summed E-state index contributed by atoms with van der Waals surface area (Å²) in [5.74, 6) is 0.625. The second kappa shape index (κ2) is 5.85. The van der Waals surface area contributed by atoms with E-state index < -0.39 is 0 Å². The molecule has 0 atom stereocenters. The van der Waals surface area contributed by atoms with Crippen molar-refractivity contribution in [2.75, 3.05) is 7.11 Å². The minimum Gasteiger partial charge on any atom is -0.495 e. The standard InChI is InChI=1S/C18H13IO2/c1-21-18-13-7-3-2-6-12(13)10-11-15(18)17(20)14-8-4-5-9-16(14)19/h2-11H,1H3. The number of rotatable bonds is 3. The monoisotopic (exact) mass is 388 g/mol. The smallest absolute Gasteiger partial charge is 0.197 e. The van der Waals surface area contributed by atoms with Crippen molar-refractivity contribution < 1.29 is 9.53 Å². The Hall–Kier alpha value is -1.88. The first kappa shape index (κ1) is 14.1. The van der Waals surface area contributed by atoms with Crippen LogP contribution in [-0.2, 0) is 0 Å². The maximum absolute atomic E-state index is 12.8. The van der Waals surface area contributed by atoms with Gasteiger partial charge in [-0.25, -0.2) is 0 Å². The molecular formula is C18H13IO2. The second-order valence-corrected chi connectivity index (χ2v) is 5.84. The molecule has 0 spiro atoms. The van der Waals surface area contributed by atoms with Crippen LogP contribution in [0.2, 0.25) is 0 Å². The van der Waals surface area contributed by atoms with E-state index >= 15 is 0 Å². The highest BCUT2D eigenvalue weighted by Gasteiger charge is 2.18. The summed E-state index contributed by atoms with van der Waals surface area (Å²) < 4.78 is 6.46. The van der Waals surface area contributed by atoms with Crippen molar-refractivity contribution in [3.63, 3.8) is 0 Å². The van der Waals surface area contributed by atoms with Gasteiger partial charge in [0.15, 0.2) is 5.78 Å². The Balaban J connectivity index is 2.21. The van der Waals surface area contributed by atoms with E-state index in [1.807, 2.05) is 60.7 Å². The first-order valence-corrected chi connectivity index (χ1v) is 7.65. The largest absolute Gasteiger partial charge is 0.495 e. The zero-order valence-corrected chi connectivity index (χ0v) is 13.6. The molecule has 0 amide bonds. The minimum atomic E-state index is -0.0115. The molecule has 0 bridgehead atoms. The molecule has 0 aliphatic heterocycles. The van der Waals surface area contributed by atoms with Gasteiger partial charge in [-0.3, -0.25) is 4.79 Å². The number of hydrogen-bond donors (Lipinski definition) is 0. The highest BCUT2D eigenvalue weighted by Crippen LogP contribution is 2.31. The summed E-state index contributed by atoms with van der Waals surface area (Å²) in [6, 6.07) is 19.3.